The molecule has 0 saturated heterocycles. The molecule has 0 fully saturated rings. The van der Waals surface area contributed by atoms with E-state index in [1.807, 2.05) is 41.8 Å². The largest absolute Gasteiger partial charge is 0.744 e. The lowest BCUT2D eigenvalue weighted by molar-refractivity contribution is -0.671. The van der Waals surface area contributed by atoms with Crippen LogP contribution in [-0.2, 0) is 32.8 Å². The molecule has 2 rings (SSSR count). The third kappa shape index (κ3) is 9.59. The van der Waals surface area contributed by atoms with Crippen LogP contribution >= 0.6 is 10.7 Å². The second-order valence-corrected chi connectivity index (χ2v) is 9.81. The molecule has 140 valence electrons. The molecule has 25 heavy (non-hydrogen) atoms. The van der Waals surface area contributed by atoms with Crippen molar-refractivity contribution in [3.63, 3.8) is 0 Å². The van der Waals surface area contributed by atoms with Gasteiger partial charge in [-0.15, -0.1) is 0 Å². The van der Waals surface area contributed by atoms with E-state index in [9.17, 15) is 21.4 Å². The van der Waals surface area contributed by atoms with E-state index in [0.717, 1.165) is 18.5 Å². The van der Waals surface area contributed by atoms with Crippen LogP contribution in [0.1, 0.15) is 18.4 Å². The summed E-state index contributed by atoms with van der Waals surface area (Å²) >= 11 is 0. The Morgan fingerprint density at radius 3 is 2.16 bits per heavy atom. The van der Waals surface area contributed by atoms with Gasteiger partial charge in [-0.1, -0.05) is 17.7 Å². The van der Waals surface area contributed by atoms with Gasteiger partial charge in [0.1, 0.15) is 22.5 Å². The van der Waals surface area contributed by atoms with Crippen molar-refractivity contribution in [2.45, 2.75) is 31.2 Å². The van der Waals surface area contributed by atoms with Crippen molar-refractivity contribution in [1.29, 1.82) is 0 Å². The highest BCUT2D eigenvalue weighted by atomic mass is 35.7. The zero-order valence-electron chi connectivity index (χ0n) is 14.0. The molecule has 0 unspecified atom stereocenters. The first-order valence-corrected chi connectivity index (χ1v) is 11.3. The fourth-order valence-corrected chi connectivity index (χ4v) is 3.25. The van der Waals surface area contributed by atoms with Gasteiger partial charge < -0.3 is 4.55 Å². The summed E-state index contributed by atoms with van der Waals surface area (Å²) in [6.07, 6.45) is 7.27. The lowest BCUT2D eigenvalue weighted by atomic mass is 10.2. The highest BCUT2D eigenvalue weighted by Crippen LogP contribution is 2.08. The van der Waals surface area contributed by atoms with Gasteiger partial charge in [-0.2, -0.15) is 0 Å². The van der Waals surface area contributed by atoms with Crippen LogP contribution in [0.15, 0.2) is 47.9 Å². The zero-order chi connectivity index (χ0) is 19.1. The third-order valence-corrected chi connectivity index (χ3v) is 5.28. The van der Waals surface area contributed by atoms with Crippen LogP contribution in [0.4, 0.5) is 0 Å². The molecule has 0 amide bonds. The first kappa shape index (κ1) is 21.6. The maximum absolute atomic E-state index is 10.6. The summed E-state index contributed by atoms with van der Waals surface area (Å²) in [5.74, 6) is 0.0575. The van der Waals surface area contributed by atoms with Gasteiger partial charge in [0.05, 0.1) is 24.2 Å². The van der Waals surface area contributed by atoms with Crippen LogP contribution in [0.5, 0.6) is 0 Å². The van der Waals surface area contributed by atoms with Gasteiger partial charge in [-0.05, 0) is 31.9 Å². The van der Waals surface area contributed by atoms with Crippen molar-refractivity contribution in [2.24, 2.45) is 7.05 Å². The first-order valence-electron chi connectivity index (χ1n) is 7.43. The molecule has 0 radical (unpaired) electrons. The summed E-state index contributed by atoms with van der Waals surface area (Å²) in [5, 5.41) is 0. The Morgan fingerprint density at radius 1 is 1.12 bits per heavy atom. The predicted octanol–water partition coefficient (Wildman–Crippen LogP) is 1.56. The molecule has 1 aromatic heterocycles. The summed E-state index contributed by atoms with van der Waals surface area (Å²) in [4.78, 5) is -0.178. The third-order valence-electron chi connectivity index (χ3n) is 3.19. The minimum Gasteiger partial charge on any atom is -0.744 e. The quantitative estimate of drug-likeness (QED) is 0.312. The molecule has 0 spiro atoms. The average molecular weight is 409 g/mol. The van der Waals surface area contributed by atoms with Gasteiger partial charge in [0, 0.05) is 10.7 Å². The van der Waals surface area contributed by atoms with Gasteiger partial charge in [-0.25, -0.2) is 26.0 Å². The van der Waals surface area contributed by atoms with E-state index in [2.05, 4.69) is 0 Å². The van der Waals surface area contributed by atoms with Gasteiger partial charge >= 0.3 is 0 Å². The standard InChI is InChI=1S/C8H14ClN2O2S.C7H8O3S/c1-10-5-6-11(8-10)4-2-3-7-14(9,12)13;1-6-2-4-7(5-3-6)11(8,9)10/h5-6,8H,2-4,7H2,1H3;2-5H,1H3,(H,8,9,10)/q+1;/p-1. The van der Waals surface area contributed by atoms with Crippen molar-refractivity contribution < 1.29 is 26.0 Å². The van der Waals surface area contributed by atoms with Gasteiger partial charge in [-0.3, -0.25) is 0 Å². The molecule has 0 bridgehead atoms. The van der Waals surface area contributed by atoms with Gasteiger partial charge in [0.15, 0.2) is 0 Å². The number of unbranched alkanes of at least 4 members (excludes halogenated alkanes) is 1. The molecule has 7 nitrogen and oxygen atoms in total. The second kappa shape index (κ2) is 9.33. The fourth-order valence-electron chi connectivity index (χ4n) is 1.91. The van der Waals surface area contributed by atoms with Crippen molar-refractivity contribution >= 4 is 29.9 Å². The van der Waals surface area contributed by atoms with Crippen LogP contribution < -0.4 is 4.57 Å². The summed E-state index contributed by atoms with van der Waals surface area (Å²) in [6.45, 7) is 2.65. The van der Waals surface area contributed by atoms with E-state index in [0.29, 0.717) is 6.42 Å². The Balaban J connectivity index is 0.000000257. The second-order valence-electron chi connectivity index (χ2n) is 5.53. The van der Waals surface area contributed by atoms with Crippen LogP contribution in [0.25, 0.3) is 0 Å². The smallest absolute Gasteiger partial charge is 0.243 e. The minimum absolute atomic E-state index is 0.0575. The highest BCUT2D eigenvalue weighted by Gasteiger charge is 2.05. The topological polar surface area (TPSA) is 100 Å². The van der Waals surface area contributed by atoms with E-state index in [1.54, 1.807) is 12.1 Å². The fraction of sp³-hybridized carbons (Fsp3) is 0.400. The molecule has 1 aromatic carbocycles. The maximum Gasteiger partial charge on any atom is 0.243 e. The number of imidazole rings is 1. The van der Waals surface area contributed by atoms with E-state index < -0.39 is 19.2 Å². The lowest BCUT2D eigenvalue weighted by Crippen LogP contribution is -2.23. The van der Waals surface area contributed by atoms with Gasteiger partial charge in [0.25, 0.3) is 0 Å². The molecule has 0 aliphatic carbocycles. The van der Waals surface area contributed by atoms with Crippen LogP contribution in [0.3, 0.4) is 0 Å². The minimum atomic E-state index is -4.27. The lowest BCUT2D eigenvalue weighted by Gasteiger charge is -2.05. The number of benzene rings is 1. The van der Waals surface area contributed by atoms with E-state index >= 15 is 0 Å². The van der Waals surface area contributed by atoms with E-state index in [4.69, 9.17) is 10.7 Å². The molecule has 0 atom stereocenters. The molecule has 0 saturated carbocycles. The van der Waals surface area contributed by atoms with Crippen LogP contribution in [0.2, 0.25) is 0 Å². The molecule has 2 aromatic rings. The Morgan fingerprint density at radius 2 is 1.72 bits per heavy atom. The van der Waals surface area contributed by atoms with Crippen LogP contribution in [0, 0.1) is 6.92 Å². The van der Waals surface area contributed by atoms with Crippen molar-refractivity contribution in [1.82, 2.24) is 4.57 Å². The number of aromatic nitrogens is 2. The zero-order valence-corrected chi connectivity index (χ0v) is 16.4. The van der Waals surface area contributed by atoms with Gasteiger partial charge in [0.2, 0.25) is 15.4 Å². The number of halogens is 1. The van der Waals surface area contributed by atoms with E-state index in [-0.39, 0.29) is 10.6 Å². The molecule has 0 aliphatic rings. The van der Waals surface area contributed by atoms with Crippen molar-refractivity contribution in [2.75, 3.05) is 5.75 Å². The Bertz CT molecular complexity index is 875. The molecule has 1 heterocycles. The molecule has 0 aliphatic heterocycles. The normalized spacial score (nSPS) is 11.7. The van der Waals surface area contributed by atoms with Crippen molar-refractivity contribution in [3.8, 4) is 0 Å². The molecular weight excluding hydrogens is 388 g/mol. The molecule has 10 heteroatoms. The SMILES string of the molecule is C[n+]1ccn(CCCCS(=O)(=O)Cl)c1.Cc1ccc(S(=O)(=O)[O-])cc1. The van der Waals surface area contributed by atoms with Crippen LogP contribution in [-0.4, -0.2) is 31.7 Å². The molecular formula is C15H21ClN2O5S2. The first-order chi connectivity index (χ1) is 11.5. The van der Waals surface area contributed by atoms with E-state index in [1.165, 1.54) is 12.1 Å². The van der Waals surface area contributed by atoms with Crippen molar-refractivity contribution in [3.05, 3.63) is 48.5 Å². The summed E-state index contributed by atoms with van der Waals surface area (Å²) < 4.78 is 56.3. The Labute approximate surface area is 153 Å². The number of hydrogen-bond donors (Lipinski definition) is 0. The number of hydrogen-bond acceptors (Lipinski definition) is 5. The highest BCUT2D eigenvalue weighted by molar-refractivity contribution is 8.13. The maximum atomic E-state index is 10.6. The summed E-state index contributed by atoms with van der Waals surface area (Å²) in [7, 11) is -0.561. The summed E-state index contributed by atoms with van der Waals surface area (Å²) in [6, 6.07) is 5.78. The number of rotatable bonds is 6. The Hall–Kier alpha value is -1.42. The monoisotopic (exact) mass is 408 g/mol. The average Bonchev–Trinajstić information content (AvgIpc) is 2.88. The Kier molecular flexibility index (Phi) is 8.07. The summed E-state index contributed by atoms with van der Waals surface area (Å²) in [5.41, 5.74) is 0.928. The number of nitrogens with zero attached hydrogens (tertiary/aromatic N) is 2. The predicted molar refractivity (Wildman–Crippen MR) is 93.6 cm³/mol. The number of aryl methyl sites for hydroxylation is 3. The molecule has 0 N–H and O–H groups in total.